The number of nitrogens with zero attached hydrogens (tertiary/aromatic N) is 5. The number of hydrogen-bond acceptors (Lipinski definition) is 4. The van der Waals surface area contributed by atoms with E-state index < -0.39 is 11.9 Å². The van der Waals surface area contributed by atoms with Crippen molar-refractivity contribution in [2.24, 2.45) is 0 Å². The predicted octanol–water partition coefficient (Wildman–Crippen LogP) is 2.84. The van der Waals surface area contributed by atoms with Gasteiger partial charge in [-0.05, 0) is 31.9 Å². The number of aromatic nitrogens is 4. The fourth-order valence-electron chi connectivity index (χ4n) is 2.63. The van der Waals surface area contributed by atoms with E-state index in [9.17, 15) is 13.2 Å². The molecule has 1 aliphatic rings. The molecule has 5 nitrogen and oxygen atoms in total. The molecule has 2 aromatic rings. The zero-order chi connectivity index (χ0) is 15.7. The fourth-order valence-corrected chi connectivity index (χ4v) is 2.63. The number of rotatable bonds is 2. The van der Waals surface area contributed by atoms with Crippen LogP contribution in [0, 0.1) is 6.92 Å². The largest absolute Gasteiger partial charge is 0.435 e. The Labute approximate surface area is 125 Å². The fraction of sp³-hybridized carbons (Fsp3) is 0.500. The number of hydrogen-bond donors (Lipinski definition) is 0. The van der Waals surface area contributed by atoms with Crippen LogP contribution in [0.1, 0.15) is 30.3 Å². The Morgan fingerprint density at radius 2 is 2.09 bits per heavy atom. The number of halogens is 3. The van der Waals surface area contributed by atoms with Gasteiger partial charge >= 0.3 is 6.18 Å². The van der Waals surface area contributed by atoms with Crippen LogP contribution >= 0.6 is 0 Å². The minimum absolute atomic E-state index is 0.103. The van der Waals surface area contributed by atoms with Crippen molar-refractivity contribution in [2.75, 3.05) is 18.0 Å². The summed E-state index contributed by atoms with van der Waals surface area (Å²) in [6.45, 7) is 3.24. The predicted molar refractivity (Wildman–Crippen MR) is 74.5 cm³/mol. The molecule has 1 saturated heterocycles. The van der Waals surface area contributed by atoms with Crippen LogP contribution in [0.25, 0.3) is 0 Å². The van der Waals surface area contributed by atoms with Crippen molar-refractivity contribution in [1.29, 1.82) is 0 Å². The van der Waals surface area contributed by atoms with Gasteiger partial charge in [-0.15, -0.1) is 0 Å². The highest BCUT2D eigenvalue weighted by atomic mass is 19.4. The summed E-state index contributed by atoms with van der Waals surface area (Å²) in [4.78, 5) is 10.6. The van der Waals surface area contributed by atoms with Gasteiger partial charge in [-0.1, -0.05) is 0 Å². The van der Waals surface area contributed by atoms with E-state index in [1.54, 1.807) is 6.20 Å². The first-order chi connectivity index (χ1) is 10.4. The maximum Gasteiger partial charge on any atom is 0.435 e. The van der Waals surface area contributed by atoms with Gasteiger partial charge in [-0.2, -0.15) is 18.3 Å². The van der Waals surface area contributed by atoms with E-state index in [-0.39, 0.29) is 6.04 Å². The molecule has 0 bridgehead atoms. The molecule has 1 unspecified atom stereocenters. The molecule has 22 heavy (non-hydrogen) atoms. The van der Waals surface area contributed by atoms with Crippen LogP contribution < -0.4 is 4.90 Å². The van der Waals surface area contributed by atoms with Crippen LogP contribution in [0.15, 0.2) is 24.5 Å². The molecular weight excluding hydrogens is 295 g/mol. The minimum atomic E-state index is -4.40. The lowest BCUT2D eigenvalue weighted by Crippen LogP contribution is -2.38. The summed E-state index contributed by atoms with van der Waals surface area (Å²) in [5, 5.41) is 3.68. The topological polar surface area (TPSA) is 46.8 Å². The normalized spacial score (nSPS) is 19.5. The first kappa shape index (κ1) is 14.8. The Kier molecular flexibility index (Phi) is 3.76. The number of aryl methyl sites for hydroxylation is 1. The summed E-state index contributed by atoms with van der Waals surface area (Å²) in [5.41, 5.74) is 0.0157. The molecule has 0 aromatic carbocycles. The first-order valence-corrected chi connectivity index (χ1v) is 7.10. The van der Waals surface area contributed by atoms with E-state index in [2.05, 4.69) is 15.1 Å². The Hall–Kier alpha value is -2.12. The maximum absolute atomic E-state index is 12.6. The third-order valence-electron chi connectivity index (χ3n) is 3.73. The summed E-state index contributed by atoms with van der Waals surface area (Å²) < 4.78 is 39.4. The van der Waals surface area contributed by atoms with E-state index in [1.165, 1.54) is 10.9 Å². The quantitative estimate of drug-likeness (QED) is 0.855. The number of alkyl halides is 3. The maximum atomic E-state index is 12.6. The lowest BCUT2D eigenvalue weighted by atomic mass is 10.1. The van der Waals surface area contributed by atoms with Gasteiger partial charge in [0.1, 0.15) is 0 Å². The Balaban J connectivity index is 1.77. The molecule has 0 saturated carbocycles. The number of piperidine rings is 1. The van der Waals surface area contributed by atoms with E-state index in [1.807, 2.05) is 17.9 Å². The average Bonchev–Trinajstić information content (AvgIpc) is 2.97. The zero-order valence-electron chi connectivity index (χ0n) is 12.1. The van der Waals surface area contributed by atoms with Gasteiger partial charge in [0, 0.05) is 31.2 Å². The van der Waals surface area contributed by atoms with Gasteiger partial charge < -0.3 is 4.90 Å². The molecular formula is C14H16F3N5. The van der Waals surface area contributed by atoms with Gasteiger partial charge in [0.25, 0.3) is 0 Å². The summed E-state index contributed by atoms with van der Waals surface area (Å²) >= 11 is 0. The van der Waals surface area contributed by atoms with Crippen LogP contribution in [0.2, 0.25) is 0 Å². The van der Waals surface area contributed by atoms with Crippen LogP contribution in [0.3, 0.4) is 0 Å². The summed E-state index contributed by atoms with van der Waals surface area (Å²) in [6.07, 6.45) is 0.342. The first-order valence-electron chi connectivity index (χ1n) is 7.10. The summed E-state index contributed by atoms with van der Waals surface area (Å²) in [6, 6.07) is 2.73. The van der Waals surface area contributed by atoms with E-state index in [0.717, 1.165) is 31.1 Å². The Bertz CT molecular complexity index is 652. The highest BCUT2D eigenvalue weighted by Gasteiger charge is 2.34. The Morgan fingerprint density at radius 1 is 1.27 bits per heavy atom. The molecule has 1 aliphatic heterocycles. The molecule has 2 aromatic heterocycles. The second-order valence-corrected chi connectivity index (χ2v) is 5.42. The highest BCUT2D eigenvalue weighted by molar-refractivity contribution is 5.31. The van der Waals surface area contributed by atoms with Crippen LogP contribution in [0.5, 0.6) is 0 Å². The van der Waals surface area contributed by atoms with Crippen LogP contribution in [0.4, 0.5) is 19.1 Å². The molecule has 3 heterocycles. The van der Waals surface area contributed by atoms with Gasteiger partial charge in [-0.25, -0.2) is 9.97 Å². The molecule has 0 radical (unpaired) electrons. The SMILES string of the molecule is Cc1ccnc(N2CCCC(n3ccc(C(F)(F)F)n3)C2)n1. The molecule has 0 aliphatic carbocycles. The highest BCUT2D eigenvalue weighted by Crippen LogP contribution is 2.29. The summed E-state index contributed by atoms with van der Waals surface area (Å²) in [5.74, 6) is 0.618. The van der Waals surface area contributed by atoms with E-state index in [0.29, 0.717) is 12.5 Å². The minimum Gasteiger partial charge on any atom is -0.339 e. The van der Waals surface area contributed by atoms with Crippen molar-refractivity contribution in [1.82, 2.24) is 19.7 Å². The molecule has 8 heteroatoms. The third kappa shape index (κ3) is 3.05. The van der Waals surface area contributed by atoms with Gasteiger partial charge in [-0.3, -0.25) is 4.68 Å². The third-order valence-corrected chi connectivity index (χ3v) is 3.73. The van der Waals surface area contributed by atoms with Gasteiger partial charge in [0.15, 0.2) is 5.69 Å². The molecule has 0 amide bonds. The van der Waals surface area contributed by atoms with Gasteiger partial charge in [0.2, 0.25) is 5.95 Å². The zero-order valence-corrected chi connectivity index (χ0v) is 12.1. The number of anilines is 1. The van der Waals surface area contributed by atoms with Crippen molar-refractivity contribution < 1.29 is 13.2 Å². The molecule has 0 N–H and O–H groups in total. The van der Waals surface area contributed by atoms with Crippen molar-refractivity contribution in [3.05, 3.63) is 35.9 Å². The van der Waals surface area contributed by atoms with E-state index >= 15 is 0 Å². The molecule has 118 valence electrons. The standard InChI is InChI=1S/C14H16F3N5/c1-10-4-6-18-13(19-10)21-7-2-3-11(9-21)22-8-5-12(20-22)14(15,16)17/h4-6,8,11H,2-3,7,9H2,1H3. The van der Waals surface area contributed by atoms with Crippen molar-refractivity contribution in [3.8, 4) is 0 Å². The van der Waals surface area contributed by atoms with Gasteiger partial charge in [0.05, 0.1) is 6.04 Å². The van der Waals surface area contributed by atoms with E-state index in [4.69, 9.17) is 0 Å². The average molecular weight is 311 g/mol. The molecule has 1 fully saturated rings. The Morgan fingerprint density at radius 3 is 2.77 bits per heavy atom. The smallest absolute Gasteiger partial charge is 0.339 e. The van der Waals surface area contributed by atoms with Crippen LogP contribution in [-0.2, 0) is 6.18 Å². The van der Waals surface area contributed by atoms with Crippen molar-refractivity contribution in [2.45, 2.75) is 32.0 Å². The van der Waals surface area contributed by atoms with Crippen LogP contribution in [-0.4, -0.2) is 32.8 Å². The lowest BCUT2D eigenvalue weighted by molar-refractivity contribution is -0.141. The molecule has 3 rings (SSSR count). The lowest BCUT2D eigenvalue weighted by Gasteiger charge is -2.32. The summed E-state index contributed by atoms with van der Waals surface area (Å²) in [7, 11) is 0. The molecule has 0 spiro atoms. The van der Waals surface area contributed by atoms with Crippen molar-refractivity contribution >= 4 is 5.95 Å². The second-order valence-electron chi connectivity index (χ2n) is 5.42. The second kappa shape index (κ2) is 5.58. The monoisotopic (exact) mass is 311 g/mol. The van der Waals surface area contributed by atoms with Crippen molar-refractivity contribution in [3.63, 3.8) is 0 Å². The molecule has 1 atom stereocenters.